The molecule has 0 unspecified atom stereocenters. The van der Waals surface area contributed by atoms with Crippen LogP contribution >= 0.6 is 0 Å². The van der Waals surface area contributed by atoms with Crippen molar-refractivity contribution in [2.75, 3.05) is 13.1 Å². The molecule has 0 spiro atoms. The van der Waals surface area contributed by atoms with E-state index in [1.54, 1.807) is 12.1 Å². The van der Waals surface area contributed by atoms with Gasteiger partial charge in [-0.3, -0.25) is 4.79 Å². The SMILES string of the molecule is CCN(CC)S(=O)(=O)c1ccc(CCC(=O)N(C(C)C)C2CC2)cc1. The van der Waals surface area contributed by atoms with E-state index in [-0.39, 0.29) is 11.9 Å². The van der Waals surface area contributed by atoms with Gasteiger partial charge in [0.2, 0.25) is 15.9 Å². The van der Waals surface area contributed by atoms with Crippen molar-refractivity contribution >= 4 is 15.9 Å². The predicted molar refractivity (Wildman–Crippen MR) is 99.9 cm³/mol. The molecule has 0 bridgehead atoms. The Morgan fingerprint density at radius 2 is 1.68 bits per heavy atom. The Morgan fingerprint density at radius 1 is 1.12 bits per heavy atom. The van der Waals surface area contributed by atoms with E-state index >= 15 is 0 Å². The van der Waals surface area contributed by atoms with Gasteiger partial charge in [0, 0.05) is 31.6 Å². The molecule has 1 fully saturated rings. The average molecular weight is 367 g/mol. The molecule has 1 aromatic rings. The van der Waals surface area contributed by atoms with Crippen LogP contribution in [0.15, 0.2) is 29.2 Å². The van der Waals surface area contributed by atoms with Gasteiger partial charge in [-0.25, -0.2) is 8.42 Å². The van der Waals surface area contributed by atoms with Gasteiger partial charge in [-0.05, 0) is 50.8 Å². The maximum Gasteiger partial charge on any atom is 0.243 e. The molecule has 2 rings (SSSR count). The number of carbonyl (C=O) groups is 1. The quantitative estimate of drug-likeness (QED) is 0.675. The second-order valence-electron chi connectivity index (χ2n) is 6.86. The highest BCUT2D eigenvalue weighted by atomic mass is 32.2. The molecule has 1 aliphatic rings. The summed E-state index contributed by atoms with van der Waals surface area (Å²) in [4.78, 5) is 14.8. The van der Waals surface area contributed by atoms with E-state index in [2.05, 4.69) is 13.8 Å². The van der Waals surface area contributed by atoms with Crippen molar-refractivity contribution in [1.29, 1.82) is 0 Å². The number of hydrogen-bond acceptors (Lipinski definition) is 3. The number of hydrogen-bond donors (Lipinski definition) is 0. The van der Waals surface area contributed by atoms with Crippen molar-refractivity contribution in [1.82, 2.24) is 9.21 Å². The molecular weight excluding hydrogens is 336 g/mol. The molecule has 0 N–H and O–H groups in total. The molecule has 5 nitrogen and oxygen atoms in total. The third-order valence-electron chi connectivity index (χ3n) is 4.68. The second-order valence-corrected chi connectivity index (χ2v) is 8.80. The first kappa shape index (κ1) is 19.9. The van der Waals surface area contributed by atoms with Gasteiger partial charge in [0.25, 0.3) is 0 Å². The number of nitrogens with zero attached hydrogens (tertiary/aromatic N) is 2. The summed E-state index contributed by atoms with van der Waals surface area (Å²) in [7, 11) is -3.42. The minimum absolute atomic E-state index is 0.192. The Bertz CT molecular complexity index is 673. The lowest BCUT2D eigenvalue weighted by Crippen LogP contribution is -2.38. The smallest absolute Gasteiger partial charge is 0.243 e. The Morgan fingerprint density at radius 3 is 2.12 bits per heavy atom. The van der Waals surface area contributed by atoms with E-state index in [9.17, 15) is 13.2 Å². The first-order valence-corrected chi connectivity index (χ1v) is 10.7. The summed E-state index contributed by atoms with van der Waals surface area (Å²) >= 11 is 0. The lowest BCUT2D eigenvalue weighted by atomic mass is 10.1. The average Bonchev–Trinajstić information content (AvgIpc) is 3.39. The topological polar surface area (TPSA) is 57.7 Å². The summed E-state index contributed by atoms with van der Waals surface area (Å²) in [6, 6.07) is 7.60. The van der Waals surface area contributed by atoms with Crippen LogP contribution in [-0.4, -0.2) is 48.7 Å². The van der Waals surface area contributed by atoms with Crippen molar-refractivity contribution in [2.24, 2.45) is 0 Å². The molecule has 1 amide bonds. The number of sulfonamides is 1. The zero-order valence-electron chi connectivity index (χ0n) is 15.7. The molecule has 0 aliphatic heterocycles. The molecular formula is C19H30N2O3S. The zero-order valence-corrected chi connectivity index (χ0v) is 16.6. The van der Waals surface area contributed by atoms with E-state index < -0.39 is 10.0 Å². The predicted octanol–water partition coefficient (Wildman–Crippen LogP) is 3.05. The molecule has 0 saturated heterocycles. The maximum atomic E-state index is 12.5. The Hall–Kier alpha value is -1.40. The fourth-order valence-electron chi connectivity index (χ4n) is 3.19. The van der Waals surface area contributed by atoms with Crippen LogP contribution < -0.4 is 0 Å². The maximum absolute atomic E-state index is 12.5. The van der Waals surface area contributed by atoms with Gasteiger partial charge in [0.1, 0.15) is 0 Å². The van der Waals surface area contributed by atoms with Crippen molar-refractivity contribution < 1.29 is 13.2 Å². The molecule has 1 aliphatic carbocycles. The van der Waals surface area contributed by atoms with Crippen molar-refractivity contribution in [2.45, 2.75) is 70.4 Å². The molecule has 0 atom stereocenters. The zero-order chi connectivity index (χ0) is 18.6. The number of rotatable bonds is 9. The summed E-state index contributed by atoms with van der Waals surface area (Å²) < 4.78 is 26.4. The molecule has 6 heteroatoms. The van der Waals surface area contributed by atoms with Gasteiger partial charge in [-0.2, -0.15) is 4.31 Å². The van der Waals surface area contributed by atoms with Gasteiger partial charge >= 0.3 is 0 Å². The molecule has 0 radical (unpaired) electrons. The highest BCUT2D eigenvalue weighted by Crippen LogP contribution is 2.29. The van der Waals surface area contributed by atoms with Crippen LogP contribution in [0.1, 0.15) is 52.5 Å². The number of aryl methyl sites for hydroxylation is 1. The van der Waals surface area contributed by atoms with Crippen LogP contribution in [0.2, 0.25) is 0 Å². The van der Waals surface area contributed by atoms with Gasteiger partial charge in [-0.1, -0.05) is 26.0 Å². The van der Waals surface area contributed by atoms with E-state index in [1.165, 1.54) is 4.31 Å². The Kier molecular flexibility index (Phi) is 6.63. The van der Waals surface area contributed by atoms with Crippen LogP contribution in [0.3, 0.4) is 0 Å². The molecule has 1 saturated carbocycles. The van der Waals surface area contributed by atoms with Gasteiger partial charge < -0.3 is 4.90 Å². The highest BCUT2D eigenvalue weighted by molar-refractivity contribution is 7.89. The van der Waals surface area contributed by atoms with Gasteiger partial charge in [-0.15, -0.1) is 0 Å². The Labute approximate surface area is 152 Å². The normalized spacial score (nSPS) is 15.0. The number of carbonyl (C=O) groups excluding carboxylic acids is 1. The van der Waals surface area contributed by atoms with Crippen LogP contribution in [0, 0.1) is 0 Å². The van der Waals surface area contributed by atoms with E-state index in [4.69, 9.17) is 0 Å². The monoisotopic (exact) mass is 366 g/mol. The molecule has 140 valence electrons. The minimum atomic E-state index is -3.42. The fourth-order valence-corrected chi connectivity index (χ4v) is 4.65. The molecule has 0 aromatic heterocycles. The van der Waals surface area contributed by atoms with Crippen LogP contribution in [0.5, 0.6) is 0 Å². The highest BCUT2D eigenvalue weighted by Gasteiger charge is 2.33. The lowest BCUT2D eigenvalue weighted by Gasteiger charge is -2.26. The van der Waals surface area contributed by atoms with Crippen molar-refractivity contribution in [3.8, 4) is 0 Å². The largest absolute Gasteiger partial charge is 0.337 e. The first-order valence-electron chi connectivity index (χ1n) is 9.21. The molecule has 1 aromatic carbocycles. The minimum Gasteiger partial charge on any atom is -0.337 e. The van der Waals surface area contributed by atoms with Crippen LogP contribution in [-0.2, 0) is 21.2 Å². The van der Waals surface area contributed by atoms with Gasteiger partial charge in [0.15, 0.2) is 0 Å². The number of benzene rings is 1. The van der Waals surface area contributed by atoms with E-state index in [1.807, 2.05) is 30.9 Å². The van der Waals surface area contributed by atoms with Crippen LogP contribution in [0.25, 0.3) is 0 Å². The number of amides is 1. The first-order chi connectivity index (χ1) is 11.8. The summed E-state index contributed by atoms with van der Waals surface area (Å²) in [6.45, 7) is 8.71. The summed E-state index contributed by atoms with van der Waals surface area (Å²) in [5.74, 6) is 0.192. The van der Waals surface area contributed by atoms with E-state index in [0.717, 1.165) is 18.4 Å². The van der Waals surface area contributed by atoms with Crippen LogP contribution in [0.4, 0.5) is 0 Å². The Balaban J connectivity index is 2.00. The molecule has 0 heterocycles. The second kappa shape index (κ2) is 8.32. The van der Waals surface area contributed by atoms with Crippen molar-refractivity contribution in [3.63, 3.8) is 0 Å². The lowest BCUT2D eigenvalue weighted by molar-refractivity contribution is -0.133. The van der Waals surface area contributed by atoms with Crippen molar-refractivity contribution in [3.05, 3.63) is 29.8 Å². The summed E-state index contributed by atoms with van der Waals surface area (Å²) in [6.07, 6.45) is 3.33. The summed E-state index contributed by atoms with van der Waals surface area (Å²) in [5, 5.41) is 0. The third-order valence-corrected chi connectivity index (χ3v) is 6.74. The van der Waals surface area contributed by atoms with Gasteiger partial charge in [0.05, 0.1) is 4.90 Å². The standard InChI is InChI=1S/C19H30N2O3S/c1-5-20(6-2)25(23,24)18-12-7-16(8-13-18)9-14-19(22)21(15(3)4)17-10-11-17/h7-8,12-13,15,17H,5-6,9-11,14H2,1-4H3. The third kappa shape index (κ3) is 4.82. The van der Waals surface area contributed by atoms with E-state index in [0.29, 0.717) is 36.9 Å². The summed E-state index contributed by atoms with van der Waals surface area (Å²) in [5.41, 5.74) is 0.992. The fraction of sp³-hybridized carbons (Fsp3) is 0.632. The molecule has 25 heavy (non-hydrogen) atoms.